The molecule has 0 spiro atoms. The molecule has 0 saturated heterocycles. The van der Waals surface area contributed by atoms with Crippen LogP contribution in [0.5, 0.6) is 0 Å². The number of carbonyl (C=O) groups is 1. The summed E-state index contributed by atoms with van der Waals surface area (Å²) in [6, 6.07) is 9.95. The lowest BCUT2D eigenvalue weighted by molar-refractivity contribution is -0.114. The number of nitrogens with zero attached hydrogens (tertiary/aromatic N) is 2. The molecule has 1 heterocycles. The molecule has 1 amide bonds. The van der Waals surface area contributed by atoms with Crippen LogP contribution >= 0.6 is 0 Å². The standard InChI is InChI=1S/C19H25N5O/c1-13-11-18(22-17-10-6-9-16(12-17)21-14(2)25)24-19(20-13)23-15-7-4-3-5-8-15/h6,9-12,15H,3-5,7-8H2,1-2H3,(H,21,25)(H2,20,22,23,24). The predicted octanol–water partition coefficient (Wildman–Crippen LogP) is 4.23. The molecule has 25 heavy (non-hydrogen) atoms. The Bertz CT molecular complexity index is 740. The third-order valence-electron chi connectivity index (χ3n) is 4.25. The summed E-state index contributed by atoms with van der Waals surface area (Å²) in [5, 5.41) is 9.54. The summed E-state index contributed by atoms with van der Waals surface area (Å²) in [4.78, 5) is 20.3. The molecule has 1 fully saturated rings. The Labute approximate surface area is 148 Å². The molecule has 1 aliphatic rings. The van der Waals surface area contributed by atoms with Crippen LogP contribution in [0.15, 0.2) is 30.3 Å². The van der Waals surface area contributed by atoms with Gasteiger partial charge in [-0.2, -0.15) is 4.98 Å². The van der Waals surface area contributed by atoms with Gasteiger partial charge in [0.05, 0.1) is 0 Å². The van der Waals surface area contributed by atoms with Gasteiger partial charge in [-0.3, -0.25) is 4.79 Å². The van der Waals surface area contributed by atoms with Crippen molar-refractivity contribution in [1.82, 2.24) is 9.97 Å². The third-order valence-corrected chi connectivity index (χ3v) is 4.25. The summed E-state index contributed by atoms with van der Waals surface area (Å²) in [6.07, 6.45) is 6.22. The van der Waals surface area contributed by atoms with Gasteiger partial charge in [-0.05, 0) is 38.0 Å². The van der Waals surface area contributed by atoms with E-state index in [1.165, 1.54) is 39.0 Å². The number of benzene rings is 1. The molecule has 1 aromatic carbocycles. The lowest BCUT2D eigenvalue weighted by Gasteiger charge is -2.23. The highest BCUT2D eigenvalue weighted by molar-refractivity contribution is 5.89. The molecule has 0 aliphatic heterocycles. The normalized spacial score (nSPS) is 14.8. The summed E-state index contributed by atoms with van der Waals surface area (Å²) in [5.41, 5.74) is 2.53. The number of amides is 1. The first-order chi connectivity index (χ1) is 12.1. The molecule has 2 aromatic rings. The van der Waals surface area contributed by atoms with Gasteiger partial charge in [-0.1, -0.05) is 25.3 Å². The van der Waals surface area contributed by atoms with Crippen molar-refractivity contribution in [1.29, 1.82) is 0 Å². The molecule has 6 heteroatoms. The van der Waals surface area contributed by atoms with E-state index < -0.39 is 0 Å². The maximum absolute atomic E-state index is 11.2. The van der Waals surface area contributed by atoms with Crippen LogP contribution in [0.25, 0.3) is 0 Å². The largest absolute Gasteiger partial charge is 0.351 e. The maximum atomic E-state index is 11.2. The Morgan fingerprint density at radius 2 is 1.84 bits per heavy atom. The molecule has 0 atom stereocenters. The quantitative estimate of drug-likeness (QED) is 0.759. The number of hydrogen-bond donors (Lipinski definition) is 3. The molecule has 3 rings (SSSR count). The Hall–Kier alpha value is -2.63. The van der Waals surface area contributed by atoms with Crippen LogP contribution in [0.1, 0.15) is 44.7 Å². The van der Waals surface area contributed by atoms with Crippen LogP contribution in [0.4, 0.5) is 23.1 Å². The van der Waals surface area contributed by atoms with Gasteiger partial charge in [-0.25, -0.2) is 4.98 Å². The summed E-state index contributed by atoms with van der Waals surface area (Å²) < 4.78 is 0. The van der Waals surface area contributed by atoms with Gasteiger partial charge in [0, 0.05) is 36.1 Å². The monoisotopic (exact) mass is 339 g/mol. The van der Waals surface area contributed by atoms with E-state index >= 15 is 0 Å². The van der Waals surface area contributed by atoms with Crippen molar-refractivity contribution in [3.05, 3.63) is 36.0 Å². The van der Waals surface area contributed by atoms with Crippen molar-refractivity contribution < 1.29 is 4.79 Å². The van der Waals surface area contributed by atoms with Crippen molar-refractivity contribution in [3.63, 3.8) is 0 Å². The molecular formula is C19H25N5O. The van der Waals surface area contributed by atoms with Gasteiger partial charge < -0.3 is 16.0 Å². The molecule has 0 bridgehead atoms. The van der Waals surface area contributed by atoms with Gasteiger partial charge in [0.1, 0.15) is 5.82 Å². The SMILES string of the molecule is CC(=O)Nc1cccc(Nc2cc(C)nc(NC3CCCCC3)n2)c1. The van der Waals surface area contributed by atoms with Gasteiger partial charge in [0.15, 0.2) is 0 Å². The second-order valence-corrected chi connectivity index (χ2v) is 6.58. The molecule has 0 radical (unpaired) electrons. The summed E-state index contributed by atoms with van der Waals surface area (Å²) >= 11 is 0. The zero-order chi connectivity index (χ0) is 17.6. The number of rotatable bonds is 5. The Morgan fingerprint density at radius 3 is 2.60 bits per heavy atom. The van der Waals surface area contributed by atoms with Crippen LogP contribution in [0.3, 0.4) is 0 Å². The van der Waals surface area contributed by atoms with E-state index in [0.717, 1.165) is 22.9 Å². The first-order valence-electron chi connectivity index (χ1n) is 8.85. The maximum Gasteiger partial charge on any atom is 0.225 e. The van der Waals surface area contributed by atoms with E-state index in [4.69, 9.17) is 0 Å². The lowest BCUT2D eigenvalue weighted by atomic mass is 9.96. The Morgan fingerprint density at radius 1 is 1.08 bits per heavy atom. The minimum atomic E-state index is -0.0889. The molecule has 0 unspecified atom stereocenters. The average molecular weight is 339 g/mol. The van der Waals surface area contributed by atoms with Crippen molar-refractivity contribution in [2.24, 2.45) is 0 Å². The molecule has 1 aliphatic carbocycles. The van der Waals surface area contributed by atoms with E-state index in [9.17, 15) is 4.79 Å². The fraction of sp³-hybridized carbons (Fsp3) is 0.421. The number of hydrogen-bond acceptors (Lipinski definition) is 5. The van der Waals surface area contributed by atoms with Crippen molar-refractivity contribution >= 4 is 29.0 Å². The van der Waals surface area contributed by atoms with Crippen LogP contribution in [0.2, 0.25) is 0 Å². The average Bonchev–Trinajstić information content (AvgIpc) is 2.55. The summed E-state index contributed by atoms with van der Waals surface area (Å²) in [5.74, 6) is 1.33. The van der Waals surface area contributed by atoms with E-state index in [2.05, 4.69) is 25.9 Å². The van der Waals surface area contributed by atoms with E-state index in [-0.39, 0.29) is 5.91 Å². The fourth-order valence-corrected chi connectivity index (χ4v) is 3.15. The molecule has 3 N–H and O–H groups in total. The van der Waals surface area contributed by atoms with E-state index in [1.807, 2.05) is 37.3 Å². The molecule has 6 nitrogen and oxygen atoms in total. The van der Waals surface area contributed by atoms with Crippen molar-refractivity contribution in [2.75, 3.05) is 16.0 Å². The Balaban J connectivity index is 1.72. The van der Waals surface area contributed by atoms with E-state index in [0.29, 0.717) is 12.0 Å². The zero-order valence-corrected chi connectivity index (χ0v) is 14.8. The second-order valence-electron chi connectivity index (χ2n) is 6.58. The lowest BCUT2D eigenvalue weighted by Crippen LogP contribution is -2.23. The van der Waals surface area contributed by atoms with Gasteiger partial charge in [0.25, 0.3) is 0 Å². The van der Waals surface area contributed by atoms with Crippen LogP contribution in [0, 0.1) is 6.92 Å². The van der Waals surface area contributed by atoms with Gasteiger partial charge in [-0.15, -0.1) is 0 Å². The first-order valence-corrected chi connectivity index (χ1v) is 8.85. The topological polar surface area (TPSA) is 78.9 Å². The fourth-order valence-electron chi connectivity index (χ4n) is 3.15. The highest BCUT2D eigenvalue weighted by atomic mass is 16.1. The highest BCUT2D eigenvalue weighted by Gasteiger charge is 2.14. The summed E-state index contributed by atoms with van der Waals surface area (Å²) in [6.45, 7) is 3.46. The highest BCUT2D eigenvalue weighted by Crippen LogP contribution is 2.23. The smallest absolute Gasteiger partial charge is 0.225 e. The molecule has 1 aromatic heterocycles. The van der Waals surface area contributed by atoms with Crippen LogP contribution in [-0.4, -0.2) is 21.9 Å². The number of nitrogens with one attached hydrogen (secondary N) is 3. The van der Waals surface area contributed by atoms with Gasteiger partial charge >= 0.3 is 0 Å². The summed E-state index contributed by atoms with van der Waals surface area (Å²) in [7, 11) is 0. The van der Waals surface area contributed by atoms with Crippen LogP contribution < -0.4 is 16.0 Å². The van der Waals surface area contributed by atoms with Gasteiger partial charge in [0.2, 0.25) is 11.9 Å². The van der Waals surface area contributed by atoms with Crippen molar-refractivity contribution in [3.8, 4) is 0 Å². The Kier molecular flexibility index (Phi) is 5.48. The zero-order valence-electron chi connectivity index (χ0n) is 14.8. The predicted molar refractivity (Wildman–Crippen MR) is 101 cm³/mol. The molecule has 132 valence electrons. The third kappa shape index (κ3) is 5.17. The second kappa shape index (κ2) is 7.96. The minimum Gasteiger partial charge on any atom is -0.351 e. The molecule has 1 saturated carbocycles. The van der Waals surface area contributed by atoms with Crippen molar-refractivity contribution in [2.45, 2.75) is 52.0 Å². The number of aryl methyl sites for hydroxylation is 1. The molecular weight excluding hydrogens is 314 g/mol. The minimum absolute atomic E-state index is 0.0889. The number of carbonyl (C=O) groups excluding carboxylic acids is 1. The number of aromatic nitrogens is 2. The van der Waals surface area contributed by atoms with Crippen LogP contribution in [-0.2, 0) is 4.79 Å². The first kappa shape index (κ1) is 17.2. The van der Waals surface area contributed by atoms with E-state index in [1.54, 1.807) is 0 Å². The number of anilines is 4.